The molecule has 0 saturated heterocycles. The molecule has 0 unspecified atom stereocenters. The van der Waals surface area contributed by atoms with E-state index in [1.54, 1.807) is 5.48 Å². The molecule has 2 heterocycles. The maximum Gasteiger partial charge on any atom is 0.447 e. The van der Waals surface area contributed by atoms with Crippen LogP contribution in [0.15, 0.2) is 21.1 Å². The van der Waals surface area contributed by atoms with E-state index in [0.29, 0.717) is 0 Å². The van der Waals surface area contributed by atoms with Crippen molar-refractivity contribution in [3.63, 3.8) is 0 Å². The third-order valence-corrected chi connectivity index (χ3v) is 1.91. The second kappa shape index (κ2) is 5.16. The molecule has 17 nitrogen and oxygen atoms in total. The van der Waals surface area contributed by atoms with Gasteiger partial charge < -0.3 is 5.21 Å². The molecule has 2 rings (SSSR count). The van der Waals surface area contributed by atoms with Gasteiger partial charge in [-0.05, 0) is 10.6 Å². The molecule has 1 aliphatic heterocycles. The fraction of sp³-hybridized carbons (Fsp3) is 0.250. The summed E-state index contributed by atoms with van der Waals surface area (Å²) in [6.07, 6.45) is 0.943. The number of hydrogen-bond acceptors (Lipinski definition) is 12. The number of hydrazine groups is 2. The summed E-state index contributed by atoms with van der Waals surface area (Å²) in [4.78, 5) is 25.0. The highest BCUT2D eigenvalue weighted by Gasteiger charge is 2.60. The second-order valence-electron chi connectivity index (χ2n) is 3.23. The summed E-state index contributed by atoms with van der Waals surface area (Å²) in [6.45, 7) is 0. The molecule has 0 spiro atoms. The normalized spacial score (nSPS) is 16.8. The van der Waals surface area contributed by atoms with Crippen LogP contribution in [0.1, 0.15) is 0 Å². The Morgan fingerprint density at radius 3 is 2.48 bits per heavy atom. The van der Waals surface area contributed by atoms with Crippen molar-refractivity contribution >= 4 is 11.7 Å². The number of nitro groups is 2. The number of hydrogen-bond donors (Lipinski definition) is 3. The van der Waals surface area contributed by atoms with Crippen molar-refractivity contribution in [1.29, 1.82) is 0 Å². The molecule has 0 aromatic carbocycles. The van der Waals surface area contributed by atoms with Gasteiger partial charge in [-0.1, -0.05) is 21.1 Å². The van der Waals surface area contributed by atoms with Gasteiger partial charge in [0.2, 0.25) is 0 Å². The Bertz CT molecular complexity index is 591. The smallest absolute Gasteiger partial charge is 0.447 e. The quantitative estimate of drug-likeness (QED) is 0.172. The van der Waals surface area contributed by atoms with Crippen molar-refractivity contribution < 1.29 is 24.5 Å². The minimum absolute atomic E-state index is 0.310. The van der Waals surface area contributed by atoms with Gasteiger partial charge in [-0.3, -0.25) is 0 Å². The number of nitrogens with zero attached hydrogens (tertiary/aromatic N) is 7. The summed E-state index contributed by atoms with van der Waals surface area (Å²) < 4.78 is 4.17. The van der Waals surface area contributed by atoms with E-state index in [1.807, 2.05) is 0 Å². The zero-order valence-electron chi connectivity index (χ0n) is 9.57. The highest BCUT2D eigenvalue weighted by molar-refractivity contribution is 5.83. The van der Waals surface area contributed by atoms with Gasteiger partial charge in [-0.2, -0.15) is 4.94 Å². The molecule has 3 N–H and O–H groups in total. The third kappa shape index (κ3) is 2.86. The van der Waals surface area contributed by atoms with Crippen LogP contribution in [-0.2, 0) is 4.94 Å². The predicted octanol–water partition coefficient (Wildman–Crippen LogP) is -2.27. The predicted molar refractivity (Wildman–Crippen MR) is 54.7 cm³/mol. The minimum atomic E-state index is -2.56. The van der Waals surface area contributed by atoms with Crippen molar-refractivity contribution in [1.82, 2.24) is 26.6 Å². The zero-order valence-corrected chi connectivity index (χ0v) is 9.57. The molecule has 1 aromatic heterocycles. The summed E-state index contributed by atoms with van der Waals surface area (Å²) >= 11 is 0. The molecule has 21 heavy (non-hydrogen) atoms. The molecule has 17 heteroatoms. The molecule has 0 bridgehead atoms. The van der Waals surface area contributed by atoms with Gasteiger partial charge in [-0.25, -0.2) is 24.9 Å². The first kappa shape index (κ1) is 13.8. The number of amidine groups is 1. The minimum Gasteiger partial charge on any atom is -0.690 e. The number of aromatic nitrogens is 2. The Balaban J connectivity index is 2.34. The lowest BCUT2D eigenvalue weighted by Gasteiger charge is -2.17. The topological polar surface area (TPSA) is 221 Å². The van der Waals surface area contributed by atoms with E-state index in [4.69, 9.17) is 0 Å². The third-order valence-electron chi connectivity index (χ3n) is 1.91. The molecular formula is C4H4N10O7. The maximum atomic E-state index is 11.8. The lowest BCUT2D eigenvalue weighted by atomic mass is 10.3. The number of rotatable bonds is 5. The summed E-state index contributed by atoms with van der Waals surface area (Å²) in [5.41, 5.74) is 4.65. The van der Waals surface area contributed by atoms with Crippen LogP contribution in [-0.4, -0.2) is 36.9 Å². The number of hydroxylamine groups is 2. The summed E-state index contributed by atoms with van der Waals surface area (Å²) in [5.74, 6) is -3.79. The van der Waals surface area contributed by atoms with E-state index >= 15 is 0 Å². The lowest BCUT2D eigenvalue weighted by Crippen LogP contribution is -2.72. The van der Waals surface area contributed by atoms with Crippen LogP contribution in [0.3, 0.4) is 0 Å². The van der Waals surface area contributed by atoms with Crippen molar-refractivity contribution in [2.24, 2.45) is 10.3 Å². The van der Waals surface area contributed by atoms with Crippen molar-refractivity contribution in [2.45, 2.75) is 5.79 Å². The number of nitrogens with one attached hydrogen (secondary N) is 3. The van der Waals surface area contributed by atoms with Gasteiger partial charge in [0.05, 0.1) is 0 Å². The van der Waals surface area contributed by atoms with Crippen LogP contribution < -0.4 is 16.3 Å². The molecule has 1 aliphatic rings. The number of oxime groups is 1. The van der Waals surface area contributed by atoms with E-state index in [9.17, 15) is 25.4 Å². The van der Waals surface area contributed by atoms with Crippen LogP contribution in [0.25, 0.3) is 0 Å². The number of azo groups is 1. The Hall–Kier alpha value is -3.63. The van der Waals surface area contributed by atoms with Crippen LogP contribution in [0, 0.1) is 25.4 Å². The average Bonchev–Trinajstić information content (AvgIpc) is 2.97. The molecule has 0 amide bonds. The summed E-state index contributed by atoms with van der Waals surface area (Å²) in [7, 11) is 0. The Kier molecular flexibility index (Phi) is 3.39. The molecule has 0 radical (unpaired) electrons. The SMILES string of the molecule is O=[N+]([O-])NC1(N[N+](=O)[O-])NON=C1[N+]([O-])=Nc1cnon1. The lowest BCUT2D eigenvalue weighted by molar-refractivity contribution is -0.612. The summed E-state index contributed by atoms with van der Waals surface area (Å²) in [6, 6.07) is 0. The maximum absolute atomic E-state index is 11.8. The van der Waals surface area contributed by atoms with Gasteiger partial charge in [0.25, 0.3) is 5.82 Å². The van der Waals surface area contributed by atoms with E-state index in [2.05, 4.69) is 30.2 Å². The monoisotopic (exact) mass is 304 g/mol. The zero-order chi connectivity index (χ0) is 15.5. The molecular weight excluding hydrogens is 300 g/mol. The van der Waals surface area contributed by atoms with E-state index < -0.39 is 21.7 Å². The van der Waals surface area contributed by atoms with Gasteiger partial charge in [0.15, 0.2) is 15.2 Å². The van der Waals surface area contributed by atoms with Gasteiger partial charge >= 0.3 is 11.6 Å². The van der Waals surface area contributed by atoms with Crippen LogP contribution in [0.4, 0.5) is 5.82 Å². The van der Waals surface area contributed by atoms with Crippen molar-refractivity contribution in [3.05, 3.63) is 31.6 Å². The van der Waals surface area contributed by atoms with Gasteiger partial charge in [-0.15, -0.1) is 4.86 Å². The van der Waals surface area contributed by atoms with Crippen LogP contribution >= 0.6 is 0 Å². The molecule has 0 fully saturated rings. The van der Waals surface area contributed by atoms with E-state index in [0.717, 1.165) is 6.20 Å². The van der Waals surface area contributed by atoms with Crippen molar-refractivity contribution in [3.8, 4) is 0 Å². The molecule has 1 aromatic rings. The average molecular weight is 304 g/mol. The van der Waals surface area contributed by atoms with E-state index in [1.165, 1.54) is 10.9 Å². The first-order chi connectivity index (χ1) is 9.93. The molecule has 0 atom stereocenters. The standard InChI is InChI=1S/C4H4N10O7/c15-12(6-2-1-5-20-7-2)3-4(9-13(16)17,10-14(18)19)11-21-8-3/h1,9-11H. The van der Waals surface area contributed by atoms with Crippen molar-refractivity contribution in [2.75, 3.05) is 0 Å². The molecule has 0 saturated carbocycles. The Morgan fingerprint density at radius 1 is 1.29 bits per heavy atom. The highest BCUT2D eigenvalue weighted by atomic mass is 16.8. The highest BCUT2D eigenvalue weighted by Crippen LogP contribution is 2.12. The summed E-state index contributed by atoms with van der Waals surface area (Å²) in [5, 5.41) is 43.1. The Labute approximate surface area is 112 Å². The Morgan fingerprint density at radius 2 is 1.95 bits per heavy atom. The largest absolute Gasteiger partial charge is 0.690 e. The van der Waals surface area contributed by atoms with Gasteiger partial charge in [0.1, 0.15) is 6.20 Å². The fourth-order valence-corrected chi connectivity index (χ4v) is 1.22. The first-order valence-corrected chi connectivity index (χ1v) is 4.75. The van der Waals surface area contributed by atoms with Crippen LogP contribution in [0.2, 0.25) is 0 Å². The van der Waals surface area contributed by atoms with Gasteiger partial charge in [0, 0.05) is 0 Å². The molecule has 112 valence electrons. The fourth-order valence-electron chi connectivity index (χ4n) is 1.22. The molecule has 0 aliphatic carbocycles. The first-order valence-electron chi connectivity index (χ1n) is 4.75. The van der Waals surface area contributed by atoms with Crippen LogP contribution in [0.5, 0.6) is 0 Å². The second-order valence-corrected chi connectivity index (χ2v) is 3.23. The van der Waals surface area contributed by atoms with E-state index in [-0.39, 0.29) is 10.7 Å².